The number of nitrogens with zero attached hydrogens (tertiary/aromatic N) is 2. The summed E-state index contributed by atoms with van der Waals surface area (Å²) in [6.45, 7) is 10.5. The second kappa shape index (κ2) is 7.21. The molecule has 3 unspecified atom stereocenters. The standard InChI is InChI=1S/C16H31N3O/c1-2-14-6-10-18(8-4-7-17-14)11-16-12-19-9-3-5-15(19)13-20-16/h14-17H,2-13H2,1H3. The van der Waals surface area contributed by atoms with Crippen LogP contribution in [0, 0.1) is 0 Å². The van der Waals surface area contributed by atoms with Gasteiger partial charge in [0, 0.05) is 25.2 Å². The van der Waals surface area contributed by atoms with Crippen molar-refractivity contribution < 1.29 is 4.74 Å². The first-order valence-corrected chi connectivity index (χ1v) is 8.66. The van der Waals surface area contributed by atoms with E-state index in [0.717, 1.165) is 25.7 Å². The lowest BCUT2D eigenvalue weighted by Gasteiger charge is -2.38. The highest BCUT2D eigenvalue weighted by Crippen LogP contribution is 2.23. The summed E-state index contributed by atoms with van der Waals surface area (Å²) in [6.07, 6.45) is 6.97. The molecule has 0 bridgehead atoms. The quantitative estimate of drug-likeness (QED) is 0.844. The van der Waals surface area contributed by atoms with Gasteiger partial charge in [-0.3, -0.25) is 4.90 Å². The highest BCUT2D eigenvalue weighted by molar-refractivity contribution is 4.86. The van der Waals surface area contributed by atoms with E-state index in [0.29, 0.717) is 12.1 Å². The number of nitrogens with one attached hydrogen (secondary N) is 1. The fraction of sp³-hybridized carbons (Fsp3) is 1.00. The Labute approximate surface area is 123 Å². The predicted molar refractivity (Wildman–Crippen MR) is 82.1 cm³/mol. The van der Waals surface area contributed by atoms with E-state index in [1.165, 1.54) is 58.3 Å². The van der Waals surface area contributed by atoms with Gasteiger partial charge in [0.2, 0.25) is 0 Å². The molecule has 0 radical (unpaired) electrons. The van der Waals surface area contributed by atoms with E-state index < -0.39 is 0 Å². The fourth-order valence-corrected chi connectivity index (χ4v) is 3.98. The number of hydrogen-bond donors (Lipinski definition) is 1. The van der Waals surface area contributed by atoms with Gasteiger partial charge in [-0.2, -0.15) is 0 Å². The zero-order valence-corrected chi connectivity index (χ0v) is 13.0. The van der Waals surface area contributed by atoms with Crippen molar-refractivity contribution in [3.8, 4) is 0 Å². The first-order valence-electron chi connectivity index (χ1n) is 8.66. The molecule has 0 aliphatic carbocycles. The highest BCUT2D eigenvalue weighted by atomic mass is 16.5. The van der Waals surface area contributed by atoms with Crippen molar-refractivity contribution in [1.82, 2.24) is 15.1 Å². The molecule has 3 aliphatic rings. The second-order valence-electron chi connectivity index (χ2n) is 6.75. The summed E-state index contributed by atoms with van der Waals surface area (Å²) < 4.78 is 6.12. The lowest BCUT2D eigenvalue weighted by molar-refractivity contribution is -0.0618. The van der Waals surface area contributed by atoms with Gasteiger partial charge in [-0.25, -0.2) is 0 Å². The monoisotopic (exact) mass is 281 g/mol. The zero-order valence-electron chi connectivity index (χ0n) is 13.0. The molecule has 0 spiro atoms. The van der Waals surface area contributed by atoms with Crippen molar-refractivity contribution in [2.24, 2.45) is 0 Å². The van der Waals surface area contributed by atoms with Crippen LogP contribution < -0.4 is 5.32 Å². The summed E-state index contributed by atoms with van der Waals surface area (Å²) >= 11 is 0. The van der Waals surface area contributed by atoms with Crippen molar-refractivity contribution in [2.45, 2.75) is 57.2 Å². The third kappa shape index (κ3) is 3.73. The Morgan fingerprint density at radius 1 is 1.15 bits per heavy atom. The average molecular weight is 281 g/mol. The number of hydrogen-bond acceptors (Lipinski definition) is 4. The van der Waals surface area contributed by atoms with Crippen LogP contribution in [0.25, 0.3) is 0 Å². The van der Waals surface area contributed by atoms with Crippen LogP contribution in [0.15, 0.2) is 0 Å². The van der Waals surface area contributed by atoms with Crippen LogP contribution in [0.4, 0.5) is 0 Å². The van der Waals surface area contributed by atoms with Crippen molar-refractivity contribution in [2.75, 3.05) is 45.9 Å². The van der Waals surface area contributed by atoms with Crippen LogP contribution in [0.1, 0.15) is 39.0 Å². The largest absolute Gasteiger partial charge is 0.374 e. The summed E-state index contributed by atoms with van der Waals surface area (Å²) in [5.74, 6) is 0. The summed E-state index contributed by atoms with van der Waals surface area (Å²) in [4.78, 5) is 5.30. The van der Waals surface area contributed by atoms with E-state index in [1.807, 2.05) is 0 Å². The van der Waals surface area contributed by atoms with E-state index in [2.05, 4.69) is 22.0 Å². The third-order valence-electron chi connectivity index (χ3n) is 5.29. The van der Waals surface area contributed by atoms with Gasteiger partial charge in [-0.15, -0.1) is 0 Å². The molecule has 116 valence electrons. The molecule has 3 fully saturated rings. The lowest BCUT2D eigenvalue weighted by Crippen LogP contribution is -2.51. The SMILES string of the molecule is CCC1CCN(CC2CN3CCCC3CO2)CCCN1. The van der Waals surface area contributed by atoms with E-state index >= 15 is 0 Å². The summed E-state index contributed by atoms with van der Waals surface area (Å²) in [5.41, 5.74) is 0. The fourth-order valence-electron chi connectivity index (χ4n) is 3.98. The molecule has 0 aromatic rings. The molecule has 3 heterocycles. The maximum absolute atomic E-state index is 6.12. The van der Waals surface area contributed by atoms with Gasteiger partial charge in [-0.05, 0) is 58.3 Å². The van der Waals surface area contributed by atoms with Crippen molar-refractivity contribution in [1.29, 1.82) is 0 Å². The number of rotatable bonds is 3. The van der Waals surface area contributed by atoms with Crippen molar-refractivity contribution in [3.63, 3.8) is 0 Å². The minimum Gasteiger partial charge on any atom is -0.374 e. The molecule has 0 aromatic heterocycles. The molecule has 0 saturated carbocycles. The van der Waals surface area contributed by atoms with Gasteiger partial charge in [0.15, 0.2) is 0 Å². The lowest BCUT2D eigenvalue weighted by atomic mass is 10.1. The Morgan fingerprint density at radius 2 is 2.10 bits per heavy atom. The number of fused-ring (bicyclic) bond motifs is 1. The molecule has 4 heteroatoms. The van der Waals surface area contributed by atoms with Crippen LogP contribution in [-0.2, 0) is 4.74 Å². The first kappa shape index (κ1) is 14.8. The molecule has 3 atom stereocenters. The Hall–Kier alpha value is -0.160. The highest BCUT2D eigenvalue weighted by Gasteiger charge is 2.32. The summed E-state index contributed by atoms with van der Waals surface area (Å²) in [6, 6.07) is 1.44. The normalized spacial score (nSPS) is 37.4. The Kier molecular flexibility index (Phi) is 5.32. The molecule has 1 N–H and O–H groups in total. The first-order chi connectivity index (χ1) is 9.85. The Morgan fingerprint density at radius 3 is 3.00 bits per heavy atom. The topological polar surface area (TPSA) is 27.7 Å². The maximum Gasteiger partial charge on any atom is 0.0829 e. The Balaban J connectivity index is 1.46. The minimum atomic E-state index is 0.441. The third-order valence-corrected chi connectivity index (χ3v) is 5.29. The number of ether oxygens (including phenoxy) is 1. The molecular formula is C16H31N3O. The average Bonchev–Trinajstić information content (AvgIpc) is 2.90. The smallest absolute Gasteiger partial charge is 0.0829 e. The minimum absolute atomic E-state index is 0.441. The molecule has 20 heavy (non-hydrogen) atoms. The zero-order chi connectivity index (χ0) is 13.8. The van der Waals surface area contributed by atoms with E-state index in [4.69, 9.17) is 4.74 Å². The van der Waals surface area contributed by atoms with Crippen LogP contribution in [-0.4, -0.2) is 73.9 Å². The van der Waals surface area contributed by atoms with Crippen molar-refractivity contribution >= 4 is 0 Å². The molecule has 0 aromatic carbocycles. The van der Waals surface area contributed by atoms with Gasteiger partial charge in [0.05, 0.1) is 12.7 Å². The van der Waals surface area contributed by atoms with Gasteiger partial charge in [0.25, 0.3) is 0 Å². The molecule has 4 nitrogen and oxygen atoms in total. The maximum atomic E-state index is 6.12. The molecule has 3 aliphatic heterocycles. The Bertz CT molecular complexity index is 299. The molecular weight excluding hydrogens is 250 g/mol. The van der Waals surface area contributed by atoms with Crippen LogP contribution in [0.3, 0.4) is 0 Å². The van der Waals surface area contributed by atoms with Crippen LogP contribution in [0.5, 0.6) is 0 Å². The van der Waals surface area contributed by atoms with E-state index in [-0.39, 0.29) is 0 Å². The van der Waals surface area contributed by atoms with E-state index in [1.54, 1.807) is 0 Å². The summed E-state index contributed by atoms with van der Waals surface area (Å²) in [5, 5.41) is 3.66. The molecule has 3 saturated heterocycles. The van der Waals surface area contributed by atoms with Gasteiger partial charge < -0.3 is 15.0 Å². The number of morpholine rings is 1. The molecule has 0 amide bonds. The molecule has 3 rings (SSSR count). The second-order valence-corrected chi connectivity index (χ2v) is 6.75. The summed E-state index contributed by atoms with van der Waals surface area (Å²) in [7, 11) is 0. The van der Waals surface area contributed by atoms with Crippen LogP contribution >= 0.6 is 0 Å². The van der Waals surface area contributed by atoms with Gasteiger partial charge >= 0.3 is 0 Å². The van der Waals surface area contributed by atoms with E-state index in [9.17, 15) is 0 Å². The van der Waals surface area contributed by atoms with Crippen molar-refractivity contribution in [3.05, 3.63) is 0 Å². The van der Waals surface area contributed by atoms with Gasteiger partial charge in [-0.1, -0.05) is 6.92 Å². The van der Waals surface area contributed by atoms with Gasteiger partial charge in [0.1, 0.15) is 0 Å². The predicted octanol–water partition coefficient (Wildman–Crippen LogP) is 1.31. The van der Waals surface area contributed by atoms with Crippen LogP contribution in [0.2, 0.25) is 0 Å².